The Kier molecular flexibility index (Phi) is 3.36. The molecule has 0 aromatic carbocycles. The molecular weight excluding hydrogens is 176 g/mol. The highest BCUT2D eigenvalue weighted by molar-refractivity contribution is 5.02. The molecule has 1 aromatic rings. The van der Waals surface area contributed by atoms with E-state index in [2.05, 4.69) is 10.4 Å². The van der Waals surface area contributed by atoms with Gasteiger partial charge in [0.25, 0.3) is 6.43 Å². The van der Waals surface area contributed by atoms with E-state index >= 15 is 0 Å². The van der Waals surface area contributed by atoms with Crippen LogP contribution >= 0.6 is 0 Å². The summed E-state index contributed by atoms with van der Waals surface area (Å²) in [4.78, 5) is 0. The minimum absolute atomic E-state index is 0.430. The van der Waals surface area contributed by atoms with Crippen LogP contribution in [0, 0.1) is 0 Å². The molecule has 1 unspecified atom stereocenters. The number of hydrogen-bond donors (Lipinski definition) is 1. The van der Waals surface area contributed by atoms with Crippen molar-refractivity contribution < 1.29 is 8.78 Å². The van der Waals surface area contributed by atoms with E-state index < -0.39 is 12.5 Å². The van der Waals surface area contributed by atoms with Crippen LogP contribution in [-0.4, -0.2) is 22.2 Å². The van der Waals surface area contributed by atoms with Gasteiger partial charge in [0.05, 0.1) is 12.2 Å². The van der Waals surface area contributed by atoms with Gasteiger partial charge in [-0.1, -0.05) is 0 Å². The molecule has 0 amide bonds. The minimum Gasteiger partial charge on any atom is -0.305 e. The Morgan fingerprint density at radius 2 is 2.31 bits per heavy atom. The summed E-state index contributed by atoms with van der Waals surface area (Å²) in [5, 5.41) is 6.64. The van der Waals surface area contributed by atoms with Crippen molar-refractivity contribution in [3.05, 3.63) is 18.0 Å². The third-order valence-corrected chi connectivity index (χ3v) is 1.76. The summed E-state index contributed by atoms with van der Waals surface area (Å²) in [6.07, 6.45) is 1.13. The van der Waals surface area contributed by atoms with Crippen LogP contribution in [0.2, 0.25) is 0 Å². The average molecular weight is 189 g/mol. The molecule has 0 spiro atoms. The van der Waals surface area contributed by atoms with Crippen molar-refractivity contribution in [1.82, 2.24) is 15.1 Å². The third-order valence-electron chi connectivity index (χ3n) is 1.76. The zero-order valence-corrected chi connectivity index (χ0v) is 7.67. The molecule has 74 valence electrons. The van der Waals surface area contributed by atoms with E-state index in [1.165, 1.54) is 6.92 Å². The molecule has 13 heavy (non-hydrogen) atoms. The van der Waals surface area contributed by atoms with Crippen molar-refractivity contribution in [2.45, 2.75) is 25.9 Å². The first-order valence-corrected chi connectivity index (χ1v) is 4.08. The van der Waals surface area contributed by atoms with Gasteiger partial charge in [-0.05, 0) is 6.92 Å². The number of rotatable bonds is 4. The van der Waals surface area contributed by atoms with Crippen LogP contribution < -0.4 is 5.32 Å². The Balaban J connectivity index is 2.35. The molecule has 1 N–H and O–H groups in total. The first kappa shape index (κ1) is 10.1. The SMILES string of the molecule is CC(NCc1cnn(C)c1)C(F)F. The van der Waals surface area contributed by atoms with Crippen molar-refractivity contribution in [2.24, 2.45) is 7.05 Å². The first-order valence-electron chi connectivity index (χ1n) is 4.08. The van der Waals surface area contributed by atoms with E-state index in [4.69, 9.17) is 0 Å². The Morgan fingerprint density at radius 3 is 2.77 bits per heavy atom. The Labute approximate surface area is 75.7 Å². The average Bonchev–Trinajstić information content (AvgIpc) is 2.47. The van der Waals surface area contributed by atoms with Crippen molar-refractivity contribution in [2.75, 3.05) is 0 Å². The summed E-state index contributed by atoms with van der Waals surface area (Å²) in [5.41, 5.74) is 0.912. The van der Waals surface area contributed by atoms with Crippen molar-refractivity contribution in [1.29, 1.82) is 0 Å². The van der Waals surface area contributed by atoms with E-state index in [9.17, 15) is 8.78 Å². The molecule has 0 saturated carbocycles. The lowest BCUT2D eigenvalue weighted by molar-refractivity contribution is 0.105. The second-order valence-electron chi connectivity index (χ2n) is 3.03. The van der Waals surface area contributed by atoms with Gasteiger partial charge in [0.15, 0.2) is 0 Å². The monoisotopic (exact) mass is 189 g/mol. The van der Waals surface area contributed by atoms with Gasteiger partial charge in [-0.15, -0.1) is 0 Å². The lowest BCUT2D eigenvalue weighted by Gasteiger charge is -2.10. The maximum absolute atomic E-state index is 12.1. The van der Waals surface area contributed by atoms with Gasteiger partial charge >= 0.3 is 0 Å². The highest BCUT2D eigenvalue weighted by Gasteiger charge is 2.13. The predicted octanol–water partition coefficient (Wildman–Crippen LogP) is 1.16. The minimum atomic E-state index is -2.32. The Bertz CT molecular complexity index is 260. The summed E-state index contributed by atoms with van der Waals surface area (Å²) >= 11 is 0. The number of aryl methyl sites for hydroxylation is 1. The molecule has 1 aromatic heterocycles. The molecule has 0 aliphatic carbocycles. The number of nitrogens with zero attached hydrogens (tertiary/aromatic N) is 2. The molecule has 0 aliphatic heterocycles. The number of nitrogens with one attached hydrogen (secondary N) is 1. The number of hydrogen-bond acceptors (Lipinski definition) is 2. The molecule has 0 saturated heterocycles. The Morgan fingerprint density at radius 1 is 1.62 bits per heavy atom. The van der Waals surface area contributed by atoms with Crippen LogP contribution in [0.3, 0.4) is 0 Å². The summed E-state index contributed by atoms with van der Waals surface area (Å²) < 4.78 is 25.7. The van der Waals surface area contributed by atoms with E-state index in [0.717, 1.165) is 5.56 Å². The molecule has 3 nitrogen and oxygen atoms in total. The van der Waals surface area contributed by atoms with Gasteiger partial charge in [-0.25, -0.2) is 8.78 Å². The predicted molar refractivity (Wildman–Crippen MR) is 45.5 cm³/mol. The van der Waals surface area contributed by atoms with Crippen LogP contribution in [0.1, 0.15) is 12.5 Å². The van der Waals surface area contributed by atoms with Gasteiger partial charge in [0.1, 0.15) is 0 Å². The van der Waals surface area contributed by atoms with E-state index in [0.29, 0.717) is 6.54 Å². The van der Waals surface area contributed by atoms with Crippen LogP contribution in [0.5, 0.6) is 0 Å². The molecule has 0 fully saturated rings. The quantitative estimate of drug-likeness (QED) is 0.770. The number of halogens is 2. The van der Waals surface area contributed by atoms with E-state index in [1.54, 1.807) is 24.1 Å². The topological polar surface area (TPSA) is 29.9 Å². The molecule has 0 bridgehead atoms. The van der Waals surface area contributed by atoms with Gasteiger partial charge in [-0.2, -0.15) is 5.10 Å². The fraction of sp³-hybridized carbons (Fsp3) is 0.625. The van der Waals surface area contributed by atoms with Crippen LogP contribution in [-0.2, 0) is 13.6 Å². The van der Waals surface area contributed by atoms with Crippen LogP contribution in [0.25, 0.3) is 0 Å². The molecule has 1 heterocycles. The van der Waals surface area contributed by atoms with Gasteiger partial charge in [0, 0.05) is 25.4 Å². The smallest absolute Gasteiger partial charge is 0.253 e. The zero-order chi connectivity index (χ0) is 9.84. The maximum Gasteiger partial charge on any atom is 0.253 e. The second kappa shape index (κ2) is 4.32. The van der Waals surface area contributed by atoms with Gasteiger partial charge in [-0.3, -0.25) is 4.68 Å². The fourth-order valence-electron chi connectivity index (χ4n) is 0.931. The van der Waals surface area contributed by atoms with Crippen molar-refractivity contribution in [3.63, 3.8) is 0 Å². The third kappa shape index (κ3) is 3.10. The van der Waals surface area contributed by atoms with Crippen molar-refractivity contribution in [3.8, 4) is 0 Å². The second-order valence-corrected chi connectivity index (χ2v) is 3.03. The molecule has 0 radical (unpaired) electrons. The molecule has 5 heteroatoms. The summed E-state index contributed by atoms with van der Waals surface area (Å²) in [7, 11) is 1.79. The van der Waals surface area contributed by atoms with Crippen LogP contribution in [0.4, 0.5) is 8.78 Å². The summed E-state index contributed by atoms with van der Waals surface area (Å²) in [6, 6.07) is -0.778. The van der Waals surface area contributed by atoms with Gasteiger partial charge < -0.3 is 5.32 Å². The number of aromatic nitrogens is 2. The highest BCUT2D eigenvalue weighted by atomic mass is 19.3. The lowest BCUT2D eigenvalue weighted by Crippen LogP contribution is -2.31. The summed E-state index contributed by atoms with van der Waals surface area (Å²) in [6.45, 7) is 1.89. The standard InChI is InChI=1S/C8H13F2N3/c1-6(8(9)10)11-3-7-4-12-13(2)5-7/h4-6,8,11H,3H2,1-2H3. The Hall–Kier alpha value is -0.970. The first-order chi connectivity index (χ1) is 6.09. The van der Waals surface area contributed by atoms with Crippen molar-refractivity contribution >= 4 is 0 Å². The number of alkyl halides is 2. The fourth-order valence-corrected chi connectivity index (χ4v) is 0.931. The molecule has 1 rings (SSSR count). The highest BCUT2D eigenvalue weighted by Crippen LogP contribution is 2.01. The van der Waals surface area contributed by atoms with E-state index in [1.807, 2.05) is 0 Å². The molecule has 0 aliphatic rings. The normalized spacial score (nSPS) is 13.6. The van der Waals surface area contributed by atoms with Gasteiger partial charge in [0.2, 0.25) is 0 Å². The van der Waals surface area contributed by atoms with E-state index in [-0.39, 0.29) is 0 Å². The largest absolute Gasteiger partial charge is 0.305 e. The zero-order valence-electron chi connectivity index (χ0n) is 7.67. The molecular formula is C8H13F2N3. The molecule has 1 atom stereocenters. The maximum atomic E-state index is 12.1. The van der Waals surface area contributed by atoms with Crippen LogP contribution in [0.15, 0.2) is 12.4 Å². The lowest BCUT2D eigenvalue weighted by atomic mass is 10.3. The summed E-state index contributed by atoms with van der Waals surface area (Å²) in [5.74, 6) is 0.